The van der Waals surface area contributed by atoms with Crippen molar-refractivity contribution < 1.29 is 13.2 Å². The van der Waals surface area contributed by atoms with Crippen molar-refractivity contribution in [3.63, 3.8) is 0 Å². The number of hydrogen-bond donors (Lipinski definition) is 2. The lowest BCUT2D eigenvalue weighted by Crippen LogP contribution is -2.34. The monoisotopic (exact) mass is 286 g/mol. The fourth-order valence-electron chi connectivity index (χ4n) is 1.39. The molecule has 3 N–H and O–H groups in total. The fraction of sp³-hybridized carbons (Fsp3) is 0.538. The lowest BCUT2D eigenvalue weighted by Gasteiger charge is -2.23. The molecule has 0 aliphatic carbocycles. The maximum absolute atomic E-state index is 12.2. The van der Waals surface area contributed by atoms with Gasteiger partial charge in [-0.1, -0.05) is 20.8 Å². The summed E-state index contributed by atoms with van der Waals surface area (Å²) in [5.41, 5.74) is 5.85. The normalized spacial score (nSPS) is 12.4. The van der Waals surface area contributed by atoms with Gasteiger partial charge in [0.15, 0.2) is 0 Å². The summed E-state index contributed by atoms with van der Waals surface area (Å²) >= 11 is 0. The highest BCUT2D eigenvalue weighted by Crippen LogP contribution is 2.25. The second-order valence-electron chi connectivity index (χ2n) is 5.25. The van der Waals surface area contributed by atoms with Crippen molar-refractivity contribution in [3.05, 3.63) is 18.2 Å². The van der Waals surface area contributed by atoms with Crippen molar-refractivity contribution in [1.82, 2.24) is 4.72 Å². The molecule has 0 aromatic heterocycles. The highest BCUT2D eigenvalue weighted by Gasteiger charge is 2.22. The third kappa shape index (κ3) is 4.11. The molecule has 0 fully saturated rings. The van der Waals surface area contributed by atoms with Crippen LogP contribution in [0.3, 0.4) is 0 Å². The van der Waals surface area contributed by atoms with E-state index in [4.69, 9.17) is 10.5 Å². The van der Waals surface area contributed by atoms with Gasteiger partial charge in [0.1, 0.15) is 10.6 Å². The maximum Gasteiger partial charge on any atom is 0.242 e. The Labute approximate surface area is 115 Å². The van der Waals surface area contributed by atoms with Gasteiger partial charge in [-0.15, -0.1) is 0 Å². The Balaban J connectivity index is 2.95. The summed E-state index contributed by atoms with van der Waals surface area (Å²) in [7, 11) is -2.08. The van der Waals surface area contributed by atoms with Crippen molar-refractivity contribution in [2.45, 2.75) is 32.1 Å². The van der Waals surface area contributed by atoms with Crippen LogP contribution in [0.2, 0.25) is 0 Å². The summed E-state index contributed by atoms with van der Waals surface area (Å²) in [6.45, 7) is 6.41. The van der Waals surface area contributed by atoms with E-state index in [1.165, 1.54) is 19.2 Å². The molecule has 0 unspecified atom stereocenters. The van der Waals surface area contributed by atoms with Gasteiger partial charge in [0.05, 0.1) is 12.8 Å². The summed E-state index contributed by atoms with van der Waals surface area (Å²) in [6.07, 6.45) is 0.883. The Hall–Kier alpha value is -1.27. The third-order valence-electron chi connectivity index (χ3n) is 3.20. The number of methoxy groups -OCH3 is 1. The molecular formula is C13H22N2O3S. The highest BCUT2D eigenvalue weighted by atomic mass is 32.2. The zero-order chi connectivity index (χ0) is 14.7. The van der Waals surface area contributed by atoms with Crippen LogP contribution in [0.25, 0.3) is 0 Å². The van der Waals surface area contributed by atoms with Crippen LogP contribution < -0.4 is 15.2 Å². The second kappa shape index (κ2) is 5.79. The Kier molecular flexibility index (Phi) is 4.81. The molecule has 0 radical (unpaired) electrons. The predicted octanol–water partition coefficient (Wildman–Crippen LogP) is 1.99. The van der Waals surface area contributed by atoms with Crippen LogP contribution in [0, 0.1) is 5.41 Å². The standard InChI is InChI=1S/C13H22N2O3S/c1-5-13(2,3)9-15-19(16,17)12-7-6-10(18-4)8-11(12)14/h6-8,15H,5,9,14H2,1-4H3. The molecule has 0 spiro atoms. The molecule has 0 bridgehead atoms. The first-order chi connectivity index (χ1) is 8.72. The minimum absolute atomic E-state index is 0.0835. The van der Waals surface area contributed by atoms with Gasteiger partial charge in [0, 0.05) is 12.6 Å². The van der Waals surface area contributed by atoms with Crippen LogP contribution in [-0.4, -0.2) is 22.1 Å². The molecule has 0 saturated heterocycles. The molecule has 0 aliphatic rings. The SMILES string of the molecule is CCC(C)(C)CNS(=O)(=O)c1ccc(OC)cc1N. The van der Waals surface area contributed by atoms with E-state index in [0.717, 1.165) is 6.42 Å². The van der Waals surface area contributed by atoms with Crippen LogP contribution in [0.5, 0.6) is 5.75 Å². The predicted molar refractivity (Wildman–Crippen MR) is 76.7 cm³/mol. The first kappa shape index (κ1) is 15.8. The van der Waals surface area contributed by atoms with Gasteiger partial charge in [0.25, 0.3) is 0 Å². The van der Waals surface area contributed by atoms with Gasteiger partial charge in [-0.2, -0.15) is 0 Å². The number of rotatable bonds is 6. The average molecular weight is 286 g/mol. The first-order valence-corrected chi connectivity index (χ1v) is 7.63. The molecule has 1 rings (SSSR count). The zero-order valence-electron chi connectivity index (χ0n) is 11.9. The average Bonchev–Trinajstić information content (AvgIpc) is 2.36. The Bertz CT molecular complexity index is 539. The minimum atomic E-state index is -3.59. The molecular weight excluding hydrogens is 264 g/mol. The number of nitrogens with two attached hydrogens (primary N) is 1. The Morgan fingerprint density at radius 3 is 2.47 bits per heavy atom. The number of hydrogen-bond acceptors (Lipinski definition) is 4. The van der Waals surface area contributed by atoms with Crippen molar-refractivity contribution in [1.29, 1.82) is 0 Å². The molecule has 1 aromatic rings. The van der Waals surface area contributed by atoms with Crippen molar-refractivity contribution in [3.8, 4) is 5.75 Å². The summed E-state index contributed by atoms with van der Waals surface area (Å²) in [5, 5.41) is 0. The summed E-state index contributed by atoms with van der Waals surface area (Å²) < 4.78 is 32.0. The van der Waals surface area contributed by atoms with Crippen molar-refractivity contribution in [2.24, 2.45) is 5.41 Å². The number of ether oxygens (including phenoxy) is 1. The highest BCUT2D eigenvalue weighted by molar-refractivity contribution is 7.89. The van der Waals surface area contributed by atoms with Gasteiger partial charge >= 0.3 is 0 Å². The minimum Gasteiger partial charge on any atom is -0.497 e. The Morgan fingerprint density at radius 2 is 2.00 bits per heavy atom. The number of benzene rings is 1. The molecule has 108 valence electrons. The van der Waals surface area contributed by atoms with Crippen LogP contribution in [0.15, 0.2) is 23.1 Å². The van der Waals surface area contributed by atoms with Gasteiger partial charge in [0.2, 0.25) is 10.0 Å². The van der Waals surface area contributed by atoms with Crippen LogP contribution in [0.1, 0.15) is 27.2 Å². The van der Waals surface area contributed by atoms with Gasteiger partial charge in [-0.05, 0) is 24.0 Å². The van der Waals surface area contributed by atoms with Crippen LogP contribution >= 0.6 is 0 Å². The molecule has 1 aromatic carbocycles. The van der Waals surface area contributed by atoms with E-state index in [-0.39, 0.29) is 16.0 Å². The molecule has 0 heterocycles. The summed E-state index contributed by atoms with van der Waals surface area (Å²) in [6, 6.07) is 4.53. The van der Waals surface area contributed by atoms with E-state index < -0.39 is 10.0 Å². The van der Waals surface area contributed by atoms with E-state index in [1.807, 2.05) is 20.8 Å². The summed E-state index contributed by atoms with van der Waals surface area (Å²) in [5.74, 6) is 0.533. The first-order valence-electron chi connectivity index (χ1n) is 6.15. The molecule has 0 saturated carbocycles. The maximum atomic E-state index is 12.2. The quantitative estimate of drug-likeness (QED) is 0.784. The van der Waals surface area contributed by atoms with Gasteiger partial charge in [-0.3, -0.25) is 0 Å². The van der Waals surface area contributed by atoms with Crippen molar-refractivity contribution in [2.75, 3.05) is 19.4 Å². The van der Waals surface area contributed by atoms with Gasteiger partial charge < -0.3 is 10.5 Å². The van der Waals surface area contributed by atoms with Crippen molar-refractivity contribution >= 4 is 15.7 Å². The van der Waals surface area contributed by atoms with E-state index >= 15 is 0 Å². The van der Waals surface area contributed by atoms with Crippen LogP contribution in [0.4, 0.5) is 5.69 Å². The largest absolute Gasteiger partial charge is 0.497 e. The van der Waals surface area contributed by atoms with E-state index in [9.17, 15) is 8.42 Å². The molecule has 0 amide bonds. The fourth-order valence-corrected chi connectivity index (χ4v) is 2.74. The molecule has 0 aliphatic heterocycles. The number of anilines is 1. The topological polar surface area (TPSA) is 81.4 Å². The molecule has 5 nitrogen and oxygen atoms in total. The second-order valence-corrected chi connectivity index (χ2v) is 6.98. The number of sulfonamides is 1. The zero-order valence-corrected chi connectivity index (χ0v) is 12.7. The number of nitrogens with one attached hydrogen (secondary N) is 1. The van der Waals surface area contributed by atoms with E-state index in [2.05, 4.69) is 4.72 Å². The smallest absolute Gasteiger partial charge is 0.242 e. The van der Waals surface area contributed by atoms with E-state index in [0.29, 0.717) is 12.3 Å². The summed E-state index contributed by atoms with van der Waals surface area (Å²) in [4.78, 5) is 0.0835. The van der Waals surface area contributed by atoms with E-state index in [1.54, 1.807) is 6.07 Å². The lowest BCUT2D eigenvalue weighted by atomic mass is 9.91. The van der Waals surface area contributed by atoms with Crippen LogP contribution in [-0.2, 0) is 10.0 Å². The number of nitrogen functional groups attached to an aromatic ring is 1. The lowest BCUT2D eigenvalue weighted by molar-refractivity contribution is 0.350. The molecule has 19 heavy (non-hydrogen) atoms. The molecule has 0 atom stereocenters. The Morgan fingerprint density at radius 1 is 1.37 bits per heavy atom. The third-order valence-corrected chi connectivity index (χ3v) is 4.68. The van der Waals surface area contributed by atoms with Gasteiger partial charge in [-0.25, -0.2) is 13.1 Å². The molecule has 6 heteroatoms.